The number of oxime groups is 1. The van der Waals surface area contributed by atoms with Crippen LogP contribution in [0.25, 0.3) is 0 Å². The summed E-state index contributed by atoms with van der Waals surface area (Å²) in [5.74, 6) is -0.470. The Morgan fingerprint density at radius 3 is 3.07 bits per heavy atom. The van der Waals surface area contributed by atoms with Crippen LogP contribution in [-0.4, -0.2) is 27.1 Å². The number of aromatic nitrogens is 2. The summed E-state index contributed by atoms with van der Waals surface area (Å²) in [6, 6.07) is 3.45. The van der Waals surface area contributed by atoms with Crippen molar-refractivity contribution < 1.29 is 10.0 Å². The zero-order valence-corrected chi connectivity index (χ0v) is 7.92. The summed E-state index contributed by atoms with van der Waals surface area (Å²) in [7, 11) is 0. The molecule has 1 aromatic rings. The average molecular weight is 209 g/mol. The fraction of sp³-hybridized carbons (Fsp3) is 0.250. The summed E-state index contributed by atoms with van der Waals surface area (Å²) in [6.07, 6.45) is 1.40. The molecule has 7 nitrogen and oxygen atoms in total. The zero-order valence-electron chi connectivity index (χ0n) is 7.92. The molecule has 4 N–H and O–H groups in total. The first-order chi connectivity index (χ1) is 7.22. The van der Waals surface area contributed by atoms with Crippen LogP contribution in [0.4, 0.5) is 0 Å². The molecule has 7 heteroatoms. The molecule has 0 fully saturated rings. The van der Waals surface area contributed by atoms with Gasteiger partial charge in [-0.15, -0.1) is 0 Å². The maximum absolute atomic E-state index is 11.2. The van der Waals surface area contributed by atoms with Gasteiger partial charge in [0.2, 0.25) is 5.91 Å². The standard InChI is InChI=1S/C8H11N5O2/c9-7(13-15)4-8(14)10-5-6-2-1-3-11-12-6/h1-3,15H,4-5H2,(H2,9,13)(H,10,14). The van der Waals surface area contributed by atoms with Gasteiger partial charge in [0.15, 0.2) is 0 Å². The Morgan fingerprint density at radius 1 is 1.67 bits per heavy atom. The van der Waals surface area contributed by atoms with Crippen LogP contribution in [-0.2, 0) is 11.3 Å². The smallest absolute Gasteiger partial charge is 0.228 e. The SMILES string of the molecule is N/C(CC(=O)NCc1cccnn1)=N/O. The lowest BCUT2D eigenvalue weighted by Gasteiger charge is -2.02. The van der Waals surface area contributed by atoms with Gasteiger partial charge in [0.1, 0.15) is 5.84 Å². The number of carbonyl (C=O) groups is 1. The van der Waals surface area contributed by atoms with Crippen molar-refractivity contribution in [3.8, 4) is 0 Å². The quantitative estimate of drug-likeness (QED) is 0.261. The summed E-state index contributed by atoms with van der Waals surface area (Å²) < 4.78 is 0. The number of amides is 1. The zero-order chi connectivity index (χ0) is 11.1. The molecule has 0 aliphatic heterocycles. The number of hydrogen-bond donors (Lipinski definition) is 3. The van der Waals surface area contributed by atoms with Gasteiger partial charge < -0.3 is 16.3 Å². The fourth-order valence-corrected chi connectivity index (χ4v) is 0.879. The Labute approximate surface area is 86.0 Å². The van der Waals surface area contributed by atoms with Crippen molar-refractivity contribution in [2.45, 2.75) is 13.0 Å². The Hall–Kier alpha value is -2.18. The molecule has 1 amide bonds. The minimum atomic E-state index is -0.337. The second-order valence-electron chi connectivity index (χ2n) is 2.76. The summed E-state index contributed by atoms with van der Waals surface area (Å²) in [5, 5.41) is 20.9. The average Bonchev–Trinajstić information content (AvgIpc) is 2.27. The van der Waals surface area contributed by atoms with E-state index in [1.807, 2.05) is 0 Å². The second kappa shape index (κ2) is 5.53. The monoisotopic (exact) mass is 209 g/mol. The van der Waals surface area contributed by atoms with Crippen LogP contribution in [0.3, 0.4) is 0 Å². The van der Waals surface area contributed by atoms with Crippen LogP contribution >= 0.6 is 0 Å². The van der Waals surface area contributed by atoms with E-state index >= 15 is 0 Å². The van der Waals surface area contributed by atoms with E-state index in [0.29, 0.717) is 5.69 Å². The molecule has 0 aromatic carbocycles. The third kappa shape index (κ3) is 4.03. The predicted octanol–water partition coefficient (Wildman–Crippen LogP) is -0.771. The molecule has 0 atom stereocenters. The van der Waals surface area contributed by atoms with Gasteiger partial charge in [-0.1, -0.05) is 5.16 Å². The van der Waals surface area contributed by atoms with Gasteiger partial charge in [-0.05, 0) is 12.1 Å². The van der Waals surface area contributed by atoms with Gasteiger partial charge in [-0.3, -0.25) is 4.79 Å². The molecule has 0 bridgehead atoms. The third-order valence-electron chi connectivity index (χ3n) is 1.56. The van der Waals surface area contributed by atoms with Crippen LogP contribution < -0.4 is 11.1 Å². The van der Waals surface area contributed by atoms with Gasteiger partial charge in [0.25, 0.3) is 0 Å². The molecule has 0 saturated heterocycles. The molecule has 0 aliphatic carbocycles. The van der Waals surface area contributed by atoms with Gasteiger partial charge in [-0.2, -0.15) is 10.2 Å². The minimum Gasteiger partial charge on any atom is -0.409 e. The largest absolute Gasteiger partial charge is 0.409 e. The lowest BCUT2D eigenvalue weighted by atomic mass is 10.3. The molecule has 0 unspecified atom stereocenters. The predicted molar refractivity (Wildman–Crippen MR) is 51.9 cm³/mol. The number of hydrogen-bond acceptors (Lipinski definition) is 5. The molecule has 1 aromatic heterocycles. The summed E-state index contributed by atoms with van der Waals surface area (Å²) in [5.41, 5.74) is 5.80. The number of nitrogens with two attached hydrogens (primary N) is 1. The van der Waals surface area contributed by atoms with Crippen molar-refractivity contribution in [1.82, 2.24) is 15.5 Å². The molecule has 15 heavy (non-hydrogen) atoms. The first kappa shape index (κ1) is 10.9. The molecule has 80 valence electrons. The number of carbonyl (C=O) groups excluding carboxylic acids is 1. The van der Waals surface area contributed by atoms with E-state index in [-0.39, 0.29) is 24.7 Å². The van der Waals surface area contributed by atoms with E-state index in [2.05, 4.69) is 20.7 Å². The van der Waals surface area contributed by atoms with Crippen LogP contribution in [0.2, 0.25) is 0 Å². The second-order valence-corrected chi connectivity index (χ2v) is 2.76. The van der Waals surface area contributed by atoms with Crippen LogP contribution in [0, 0.1) is 0 Å². The van der Waals surface area contributed by atoms with Crippen molar-refractivity contribution in [3.63, 3.8) is 0 Å². The van der Waals surface area contributed by atoms with Gasteiger partial charge in [0.05, 0.1) is 18.7 Å². The number of rotatable bonds is 4. The topological polar surface area (TPSA) is 113 Å². The normalized spacial score (nSPS) is 11.1. The Bertz CT molecular complexity index is 351. The van der Waals surface area contributed by atoms with Crippen LogP contribution in [0.5, 0.6) is 0 Å². The van der Waals surface area contributed by atoms with Crippen LogP contribution in [0.1, 0.15) is 12.1 Å². The fourth-order valence-electron chi connectivity index (χ4n) is 0.879. The van der Waals surface area contributed by atoms with Crippen molar-refractivity contribution in [3.05, 3.63) is 24.0 Å². The van der Waals surface area contributed by atoms with E-state index in [1.165, 1.54) is 0 Å². The van der Waals surface area contributed by atoms with E-state index in [0.717, 1.165) is 0 Å². The summed E-state index contributed by atoms with van der Waals surface area (Å²) in [4.78, 5) is 11.2. The highest BCUT2D eigenvalue weighted by Gasteiger charge is 2.04. The number of nitrogens with one attached hydrogen (secondary N) is 1. The van der Waals surface area contributed by atoms with E-state index < -0.39 is 0 Å². The molecule has 1 rings (SSSR count). The van der Waals surface area contributed by atoms with Gasteiger partial charge in [-0.25, -0.2) is 0 Å². The lowest BCUT2D eigenvalue weighted by Crippen LogP contribution is -2.28. The molecule has 1 heterocycles. The van der Waals surface area contributed by atoms with Gasteiger partial charge in [0, 0.05) is 6.20 Å². The number of nitrogens with zero attached hydrogens (tertiary/aromatic N) is 3. The van der Waals surface area contributed by atoms with Crippen molar-refractivity contribution in [2.24, 2.45) is 10.9 Å². The minimum absolute atomic E-state index is 0.133. The van der Waals surface area contributed by atoms with Crippen molar-refractivity contribution in [1.29, 1.82) is 0 Å². The van der Waals surface area contributed by atoms with Gasteiger partial charge >= 0.3 is 0 Å². The first-order valence-electron chi connectivity index (χ1n) is 4.22. The first-order valence-corrected chi connectivity index (χ1v) is 4.22. The maximum atomic E-state index is 11.2. The number of amidine groups is 1. The highest BCUT2D eigenvalue weighted by atomic mass is 16.4. The van der Waals surface area contributed by atoms with E-state index in [1.54, 1.807) is 18.3 Å². The van der Waals surface area contributed by atoms with Crippen molar-refractivity contribution in [2.75, 3.05) is 0 Å². The molecule has 0 aliphatic rings. The molecular formula is C8H11N5O2. The lowest BCUT2D eigenvalue weighted by molar-refractivity contribution is -0.120. The summed E-state index contributed by atoms with van der Waals surface area (Å²) in [6.45, 7) is 0.269. The van der Waals surface area contributed by atoms with E-state index in [9.17, 15) is 4.79 Å². The molecule has 0 spiro atoms. The molecule has 0 radical (unpaired) electrons. The Kier molecular flexibility index (Phi) is 4.02. The molecule has 0 saturated carbocycles. The Morgan fingerprint density at radius 2 is 2.47 bits per heavy atom. The summed E-state index contributed by atoms with van der Waals surface area (Å²) >= 11 is 0. The van der Waals surface area contributed by atoms with Crippen LogP contribution in [0.15, 0.2) is 23.5 Å². The molecular weight excluding hydrogens is 198 g/mol. The highest BCUT2D eigenvalue weighted by Crippen LogP contribution is 1.90. The maximum Gasteiger partial charge on any atom is 0.228 e. The van der Waals surface area contributed by atoms with E-state index in [4.69, 9.17) is 10.9 Å². The Balaban J connectivity index is 2.35. The van der Waals surface area contributed by atoms with Crippen molar-refractivity contribution >= 4 is 11.7 Å². The third-order valence-corrected chi connectivity index (χ3v) is 1.56. The highest BCUT2D eigenvalue weighted by molar-refractivity contribution is 5.98.